The molecule has 0 aliphatic heterocycles. The number of carbonyl (C=O) groups is 1. The number of nitrogens with one attached hydrogen (secondary N) is 2. The van der Waals surface area contributed by atoms with Gasteiger partial charge in [-0.3, -0.25) is 4.79 Å². The van der Waals surface area contributed by atoms with Gasteiger partial charge in [0.1, 0.15) is 6.54 Å². The maximum absolute atomic E-state index is 11.7. The van der Waals surface area contributed by atoms with Gasteiger partial charge in [-0.05, 0) is 18.9 Å². The molecule has 0 bridgehead atoms. The molecule has 0 saturated heterocycles. The van der Waals surface area contributed by atoms with Gasteiger partial charge in [-0.25, -0.2) is 4.99 Å². The number of aliphatic imine (C=N–C) groups is 1. The number of amides is 1. The topological polar surface area (TPSA) is 75.2 Å². The van der Waals surface area contributed by atoms with Crippen LogP contribution in [0, 0.1) is 0 Å². The Morgan fingerprint density at radius 2 is 1.81 bits per heavy atom. The zero-order valence-corrected chi connectivity index (χ0v) is 19.1. The third-order valence-electron chi connectivity index (χ3n) is 3.72. The Bertz CT molecular complexity index is 541. The van der Waals surface area contributed by atoms with Crippen LogP contribution in [0.5, 0.6) is 0 Å². The molecule has 2 N–H and O–H groups in total. The number of likely N-dealkylation sites (N-methyl/N-ethyl adjacent to an activating group) is 1. The molecule has 0 radical (unpaired) electrons. The van der Waals surface area contributed by atoms with Crippen LogP contribution in [0.3, 0.4) is 0 Å². The van der Waals surface area contributed by atoms with Crippen molar-refractivity contribution >= 4 is 35.8 Å². The van der Waals surface area contributed by atoms with Crippen molar-refractivity contribution in [2.75, 3.05) is 54.1 Å². The maximum atomic E-state index is 11.7. The van der Waals surface area contributed by atoms with E-state index < -0.39 is 0 Å². The van der Waals surface area contributed by atoms with Crippen LogP contribution >= 0.6 is 24.0 Å². The summed E-state index contributed by atoms with van der Waals surface area (Å²) < 4.78 is 10.9. The summed E-state index contributed by atoms with van der Waals surface area (Å²) >= 11 is 0. The third-order valence-corrected chi connectivity index (χ3v) is 3.72. The lowest BCUT2D eigenvalue weighted by Gasteiger charge is -2.15. The van der Waals surface area contributed by atoms with Crippen LogP contribution in [-0.2, 0) is 14.3 Å². The molecule has 1 rings (SSSR count). The summed E-state index contributed by atoms with van der Waals surface area (Å²) in [7, 11) is 5.08. The number of ether oxygens (including phenoxy) is 2. The van der Waals surface area contributed by atoms with Crippen molar-refractivity contribution in [3.05, 3.63) is 35.9 Å². The Morgan fingerprint density at radius 3 is 2.44 bits per heavy atom. The first-order valence-corrected chi connectivity index (χ1v) is 8.92. The van der Waals surface area contributed by atoms with Gasteiger partial charge in [0.25, 0.3) is 0 Å². The van der Waals surface area contributed by atoms with E-state index in [9.17, 15) is 4.79 Å². The molecule has 0 heterocycles. The van der Waals surface area contributed by atoms with Crippen molar-refractivity contribution in [2.24, 2.45) is 4.99 Å². The summed E-state index contributed by atoms with van der Waals surface area (Å²) in [4.78, 5) is 17.5. The Kier molecular flexibility index (Phi) is 14.8. The lowest BCUT2D eigenvalue weighted by Crippen LogP contribution is -2.40. The van der Waals surface area contributed by atoms with Crippen molar-refractivity contribution in [1.82, 2.24) is 15.5 Å². The van der Waals surface area contributed by atoms with Crippen molar-refractivity contribution in [3.8, 4) is 0 Å². The number of carbonyl (C=O) groups excluding carboxylic acids is 1. The van der Waals surface area contributed by atoms with Crippen molar-refractivity contribution in [3.63, 3.8) is 0 Å². The van der Waals surface area contributed by atoms with E-state index in [1.807, 2.05) is 18.2 Å². The lowest BCUT2D eigenvalue weighted by atomic mass is 10.1. The predicted octanol–water partition coefficient (Wildman–Crippen LogP) is 2.04. The Labute approximate surface area is 179 Å². The van der Waals surface area contributed by atoms with Gasteiger partial charge in [-0.2, -0.15) is 0 Å². The molecule has 0 fully saturated rings. The molecular formula is C19H33IN4O3. The maximum Gasteiger partial charge on any atom is 0.243 e. The smallest absolute Gasteiger partial charge is 0.243 e. The molecule has 1 aromatic carbocycles. The van der Waals surface area contributed by atoms with Crippen LogP contribution in [0.4, 0.5) is 0 Å². The molecular weight excluding hydrogens is 459 g/mol. The van der Waals surface area contributed by atoms with Crippen LogP contribution in [0.25, 0.3) is 0 Å². The second-order valence-corrected chi connectivity index (χ2v) is 6.08. The zero-order valence-electron chi connectivity index (χ0n) is 16.7. The first-order chi connectivity index (χ1) is 12.5. The van der Waals surface area contributed by atoms with Crippen LogP contribution in [0.2, 0.25) is 0 Å². The fourth-order valence-electron chi connectivity index (χ4n) is 2.09. The number of hydrogen-bond donors (Lipinski definition) is 2. The molecule has 7 nitrogen and oxygen atoms in total. The van der Waals surface area contributed by atoms with Gasteiger partial charge in [-0.15, -0.1) is 24.0 Å². The van der Waals surface area contributed by atoms with E-state index in [1.165, 1.54) is 10.5 Å². The summed E-state index contributed by atoms with van der Waals surface area (Å²) in [6.45, 7) is 4.70. The average Bonchev–Trinajstić information content (AvgIpc) is 2.65. The Morgan fingerprint density at radius 1 is 1.15 bits per heavy atom. The standard InChI is InChI=1S/C19H32N4O3.HI/c1-16(17-9-6-5-7-10-17)26-13-8-11-20-19(21-12-14-25-4)22-15-18(24)23(2)3;/h5-7,9-10,16H,8,11-15H2,1-4H3,(H2,20,21,22);1H. The van der Waals surface area contributed by atoms with E-state index in [0.29, 0.717) is 32.3 Å². The molecule has 0 aliphatic carbocycles. The highest BCUT2D eigenvalue weighted by atomic mass is 127. The zero-order chi connectivity index (χ0) is 19.2. The number of hydrogen-bond acceptors (Lipinski definition) is 4. The van der Waals surface area contributed by atoms with Crippen molar-refractivity contribution < 1.29 is 14.3 Å². The fraction of sp³-hybridized carbons (Fsp3) is 0.579. The number of nitrogens with zero attached hydrogens (tertiary/aromatic N) is 2. The molecule has 0 spiro atoms. The molecule has 8 heteroatoms. The van der Waals surface area contributed by atoms with Crippen molar-refractivity contribution in [1.29, 1.82) is 0 Å². The molecule has 27 heavy (non-hydrogen) atoms. The largest absolute Gasteiger partial charge is 0.383 e. The molecule has 154 valence electrons. The number of halogens is 1. The summed E-state index contributed by atoms with van der Waals surface area (Å²) in [5.41, 5.74) is 1.17. The second-order valence-electron chi connectivity index (χ2n) is 6.08. The molecule has 0 saturated carbocycles. The lowest BCUT2D eigenvalue weighted by molar-refractivity contribution is -0.127. The molecule has 1 unspecified atom stereocenters. The number of guanidine groups is 1. The first-order valence-electron chi connectivity index (χ1n) is 8.92. The average molecular weight is 492 g/mol. The normalized spacial score (nSPS) is 12.1. The summed E-state index contributed by atoms with van der Waals surface area (Å²) in [6.07, 6.45) is 0.908. The summed E-state index contributed by atoms with van der Waals surface area (Å²) in [5, 5.41) is 6.36. The van der Waals surface area contributed by atoms with Gasteiger partial charge in [0, 0.05) is 40.9 Å². The number of rotatable bonds is 11. The van der Waals surface area contributed by atoms with E-state index in [-0.39, 0.29) is 42.5 Å². The first kappa shape index (κ1) is 25.6. The van der Waals surface area contributed by atoms with Gasteiger partial charge in [0.2, 0.25) is 5.91 Å². The van der Waals surface area contributed by atoms with Crippen LogP contribution in [0.15, 0.2) is 35.3 Å². The minimum absolute atomic E-state index is 0. The second kappa shape index (κ2) is 15.6. The van der Waals surface area contributed by atoms with Gasteiger partial charge >= 0.3 is 0 Å². The van der Waals surface area contributed by atoms with E-state index in [2.05, 4.69) is 34.7 Å². The third kappa shape index (κ3) is 11.8. The Hall–Kier alpha value is -1.39. The highest BCUT2D eigenvalue weighted by molar-refractivity contribution is 14.0. The van der Waals surface area contributed by atoms with Crippen LogP contribution in [-0.4, -0.2) is 70.8 Å². The SMILES string of the molecule is COCCNC(=NCC(=O)N(C)C)NCCCOC(C)c1ccccc1.I. The van der Waals surface area contributed by atoms with Gasteiger partial charge in [-0.1, -0.05) is 30.3 Å². The molecule has 1 aromatic rings. The van der Waals surface area contributed by atoms with Gasteiger partial charge in [0.15, 0.2) is 5.96 Å². The summed E-state index contributed by atoms with van der Waals surface area (Å²) in [5.74, 6) is 0.561. The molecule has 0 aliphatic rings. The van der Waals surface area contributed by atoms with Crippen LogP contribution < -0.4 is 10.6 Å². The minimum atomic E-state index is -0.0436. The van der Waals surface area contributed by atoms with Gasteiger partial charge in [0.05, 0.1) is 12.7 Å². The van der Waals surface area contributed by atoms with E-state index in [0.717, 1.165) is 6.42 Å². The summed E-state index contributed by atoms with van der Waals surface area (Å²) in [6, 6.07) is 10.2. The van der Waals surface area contributed by atoms with E-state index in [4.69, 9.17) is 9.47 Å². The highest BCUT2D eigenvalue weighted by Crippen LogP contribution is 2.15. The molecule has 1 amide bonds. The molecule has 0 aromatic heterocycles. The van der Waals surface area contributed by atoms with E-state index in [1.54, 1.807) is 21.2 Å². The van der Waals surface area contributed by atoms with Crippen molar-refractivity contribution in [2.45, 2.75) is 19.4 Å². The van der Waals surface area contributed by atoms with Gasteiger partial charge < -0.3 is 25.0 Å². The number of methoxy groups -OCH3 is 1. The quantitative estimate of drug-likeness (QED) is 0.214. The number of benzene rings is 1. The Balaban J connectivity index is 0.00000676. The van der Waals surface area contributed by atoms with E-state index >= 15 is 0 Å². The fourth-order valence-corrected chi connectivity index (χ4v) is 2.09. The molecule has 1 atom stereocenters. The minimum Gasteiger partial charge on any atom is -0.383 e. The van der Waals surface area contributed by atoms with Crippen LogP contribution in [0.1, 0.15) is 25.0 Å². The predicted molar refractivity (Wildman–Crippen MR) is 120 cm³/mol. The highest BCUT2D eigenvalue weighted by Gasteiger charge is 2.06. The monoisotopic (exact) mass is 492 g/mol.